The van der Waals surface area contributed by atoms with Crippen LogP contribution in [0.25, 0.3) is 0 Å². The Morgan fingerprint density at radius 2 is 1.04 bits per heavy atom. The molecule has 0 spiro atoms. The minimum atomic E-state index is -0.742. The summed E-state index contributed by atoms with van der Waals surface area (Å²) in [5.74, 6) is 0. The van der Waals surface area contributed by atoms with E-state index in [1.807, 2.05) is 0 Å². The molecule has 0 radical (unpaired) electrons. The van der Waals surface area contributed by atoms with Crippen molar-refractivity contribution >= 4 is 0 Å². The summed E-state index contributed by atoms with van der Waals surface area (Å²) in [5, 5.41) is 26.7. The Labute approximate surface area is 145 Å². The predicted molar refractivity (Wildman–Crippen MR) is 91.2 cm³/mol. The third-order valence-electron chi connectivity index (χ3n) is 3.34. The Morgan fingerprint density at radius 1 is 0.625 bits per heavy atom. The lowest BCUT2D eigenvalue weighted by Gasteiger charge is -2.33. The molecule has 3 N–H and O–H groups in total. The van der Waals surface area contributed by atoms with Crippen molar-refractivity contribution in [2.45, 2.75) is 44.6 Å². The number of hydrogen-bond donors (Lipinski definition) is 3. The Kier molecular flexibility index (Phi) is 17.3. The van der Waals surface area contributed by atoms with Crippen molar-refractivity contribution in [3.8, 4) is 0 Å². The molecule has 24 heavy (non-hydrogen) atoms. The van der Waals surface area contributed by atoms with Crippen LogP contribution >= 0.6 is 0 Å². The summed E-state index contributed by atoms with van der Waals surface area (Å²) in [6, 6.07) is 0. The lowest BCUT2D eigenvalue weighted by Crippen LogP contribution is -2.48. The lowest BCUT2D eigenvalue weighted by molar-refractivity contribution is -0.168. The molecule has 0 aromatic heterocycles. The molecule has 0 bridgehead atoms. The van der Waals surface area contributed by atoms with Crippen molar-refractivity contribution in [2.24, 2.45) is 0 Å². The van der Waals surface area contributed by atoms with Crippen LogP contribution in [0.5, 0.6) is 0 Å². The van der Waals surface area contributed by atoms with Gasteiger partial charge in [0.05, 0.1) is 19.8 Å². The molecule has 7 heteroatoms. The summed E-state index contributed by atoms with van der Waals surface area (Å²) in [7, 11) is 0. The minimum Gasteiger partial charge on any atom is -0.396 e. The van der Waals surface area contributed by atoms with E-state index in [4.69, 9.17) is 34.3 Å². The summed E-state index contributed by atoms with van der Waals surface area (Å²) in [6.45, 7) is 5.17. The molecule has 7 nitrogen and oxygen atoms in total. The molecule has 0 fully saturated rings. The van der Waals surface area contributed by atoms with Crippen LogP contribution in [-0.4, -0.2) is 87.0 Å². The first kappa shape index (κ1) is 23.7. The maximum atomic E-state index is 8.97. The normalized spacial score (nSPS) is 12.0. The van der Waals surface area contributed by atoms with E-state index in [9.17, 15) is 0 Å². The third kappa shape index (κ3) is 13.1. The first-order chi connectivity index (χ1) is 11.7. The van der Waals surface area contributed by atoms with Gasteiger partial charge in [-0.25, -0.2) is 0 Å². The number of aliphatic hydroxyl groups is 3. The molecule has 0 amide bonds. The van der Waals surface area contributed by atoms with Gasteiger partial charge >= 0.3 is 0 Å². The van der Waals surface area contributed by atoms with Gasteiger partial charge in [-0.3, -0.25) is 0 Å². The Balaban J connectivity index is 4.58. The van der Waals surface area contributed by atoms with Crippen molar-refractivity contribution in [1.29, 1.82) is 0 Å². The van der Waals surface area contributed by atoms with E-state index in [-0.39, 0.29) is 19.8 Å². The van der Waals surface area contributed by atoms with Crippen molar-refractivity contribution in [1.82, 2.24) is 0 Å². The molecule has 0 heterocycles. The van der Waals surface area contributed by atoms with Crippen LogP contribution in [0, 0.1) is 0 Å². The Hall–Kier alpha value is -0.280. The maximum absolute atomic E-state index is 8.97. The van der Waals surface area contributed by atoms with Gasteiger partial charge in [-0.2, -0.15) is 0 Å². The first-order valence-corrected chi connectivity index (χ1v) is 8.94. The highest BCUT2D eigenvalue weighted by Gasteiger charge is 2.32. The van der Waals surface area contributed by atoms with E-state index in [0.29, 0.717) is 65.5 Å². The third-order valence-corrected chi connectivity index (χ3v) is 3.34. The van der Waals surface area contributed by atoms with Gasteiger partial charge in [-0.15, -0.1) is 0 Å². The molecule has 0 saturated carbocycles. The number of aliphatic hydroxyl groups excluding tert-OH is 3. The van der Waals surface area contributed by atoms with E-state index < -0.39 is 5.60 Å². The van der Waals surface area contributed by atoms with Crippen LogP contribution in [0.3, 0.4) is 0 Å². The van der Waals surface area contributed by atoms with Crippen LogP contribution in [-0.2, 0) is 18.9 Å². The van der Waals surface area contributed by atoms with Gasteiger partial charge in [-0.05, 0) is 25.7 Å². The fourth-order valence-electron chi connectivity index (χ4n) is 1.96. The monoisotopic (exact) mass is 352 g/mol. The van der Waals surface area contributed by atoms with Crippen molar-refractivity contribution < 1.29 is 34.3 Å². The molecule has 0 aromatic carbocycles. The molecule has 146 valence electrons. The number of hydrogen-bond acceptors (Lipinski definition) is 7. The molecule has 0 aromatic rings. The quantitative estimate of drug-likeness (QED) is 0.295. The molecule has 0 unspecified atom stereocenters. The number of ether oxygens (including phenoxy) is 4. The zero-order valence-electron chi connectivity index (χ0n) is 15.1. The molecule has 0 aliphatic rings. The van der Waals surface area contributed by atoms with Crippen LogP contribution in [0.2, 0.25) is 0 Å². The lowest BCUT2D eigenvalue weighted by atomic mass is 10.1. The second kappa shape index (κ2) is 17.5. The topological polar surface area (TPSA) is 97.6 Å². The Morgan fingerprint density at radius 3 is 1.46 bits per heavy atom. The first-order valence-electron chi connectivity index (χ1n) is 8.94. The molecule has 0 rings (SSSR count). The standard InChI is InChI=1S/C17H36O7/c1-2-3-10-21-14-17(24-13-6-9-20,15-22-11-4-7-18)16-23-12-5-8-19/h18-20H,2-16H2,1H3. The van der Waals surface area contributed by atoms with Gasteiger partial charge in [0, 0.05) is 46.2 Å². The molecule has 0 atom stereocenters. The number of rotatable bonds is 19. The molecule has 0 aliphatic heterocycles. The largest absolute Gasteiger partial charge is 0.396 e. The molecule has 0 saturated heterocycles. The van der Waals surface area contributed by atoms with E-state index in [1.54, 1.807) is 0 Å². The Bertz CT molecular complexity index is 220. The fraction of sp³-hybridized carbons (Fsp3) is 1.00. The van der Waals surface area contributed by atoms with E-state index in [0.717, 1.165) is 12.8 Å². The minimum absolute atomic E-state index is 0.0590. The average molecular weight is 352 g/mol. The number of unbranched alkanes of at least 4 members (excludes halogenated alkanes) is 1. The highest BCUT2D eigenvalue weighted by atomic mass is 16.6. The summed E-state index contributed by atoms with van der Waals surface area (Å²) in [6.07, 6.45) is 3.69. The smallest absolute Gasteiger partial charge is 0.138 e. The SMILES string of the molecule is CCCCOCC(COCCCO)(COCCCO)OCCCO. The average Bonchev–Trinajstić information content (AvgIpc) is 2.60. The van der Waals surface area contributed by atoms with Gasteiger partial charge in [0.15, 0.2) is 0 Å². The highest BCUT2D eigenvalue weighted by Crippen LogP contribution is 2.16. The summed E-state index contributed by atoms with van der Waals surface area (Å²) < 4.78 is 22.9. The summed E-state index contributed by atoms with van der Waals surface area (Å²) in [5.41, 5.74) is -0.742. The van der Waals surface area contributed by atoms with E-state index in [2.05, 4.69) is 6.92 Å². The van der Waals surface area contributed by atoms with Crippen LogP contribution in [0.4, 0.5) is 0 Å². The predicted octanol–water partition coefficient (Wildman–Crippen LogP) is 0.739. The molecular formula is C17H36O7. The zero-order valence-corrected chi connectivity index (χ0v) is 15.1. The van der Waals surface area contributed by atoms with Crippen LogP contribution < -0.4 is 0 Å². The van der Waals surface area contributed by atoms with Crippen LogP contribution in [0.1, 0.15) is 39.0 Å². The second-order valence-electron chi connectivity index (χ2n) is 5.77. The van der Waals surface area contributed by atoms with E-state index in [1.165, 1.54) is 0 Å². The summed E-state index contributed by atoms with van der Waals surface area (Å²) >= 11 is 0. The van der Waals surface area contributed by atoms with Gasteiger partial charge in [0.2, 0.25) is 0 Å². The van der Waals surface area contributed by atoms with Crippen molar-refractivity contribution in [3.05, 3.63) is 0 Å². The second-order valence-corrected chi connectivity index (χ2v) is 5.77. The molecular weight excluding hydrogens is 316 g/mol. The van der Waals surface area contributed by atoms with Gasteiger partial charge in [0.25, 0.3) is 0 Å². The summed E-state index contributed by atoms with van der Waals surface area (Å²) in [4.78, 5) is 0. The van der Waals surface area contributed by atoms with Crippen molar-refractivity contribution in [3.63, 3.8) is 0 Å². The maximum Gasteiger partial charge on any atom is 0.138 e. The molecule has 0 aliphatic carbocycles. The zero-order chi connectivity index (χ0) is 17.9. The van der Waals surface area contributed by atoms with E-state index >= 15 is 0 Å². The fourth-order valence-corrected chi connectivity index (χ4v) is 1.96. The van der Waals surface area contributed by atoms with Crippen molar-refractivity contribution in [2.75, 3.05) is 66.1 Å². The van der Waals surface area contributed by atoms with Gasteiger partial charge < -0.3 is 34.3 Å². The van der Waals surface area contributed by atoms with Gasteiger partial charge in [0.1, 0.15) is 5.60 Å². The van der Waals surface area contributed by atoms with Crippen LogP contribution in [0.15, 0.2) is 0 Å². The highest BCUT2D eigenvalue weighted by molar-refractivity contribution is 4.81. The van der Waals surface area contributed by atoms with Gasteiger partial charge in [-0.1, -0.05) is 13.3 Å².